The molecular weight excluding hydrogens is 459 g/mol. The van der Waals surface area contributed by atoms with Crippen LogP contribution >= 0.6 is 23.2 Å². The van der Waals surface area contributed by atoms with Gasteiger partial charge in [-0.15, -0.1) is 0 Å². The van der Waals surface area contributed by atoms with Gasteiger partial charge >= 0.3 is 0 Å². The molecule has 1 amide bonds. The molecule has 3 heterocycles. The third kappa shape index (κ3) is 4.21. The summed E-state index contributed by atoms with van der Waals surface area (Å²) in [6, 6.07) is 16.7. The van der Waals surface area contributed by atoms with E-state index in [0.29, 0.717) is 28.8 Å². The second kappa shape index (κ2) is 9.12. The van der Waals surface area contributed by atoms with Gasteiger partial charge in [0.25, 0.3) is 5.91 Å². The minimum atomic E-state index is -0.408. The van der Waals surface area contributed by atoms with Gasteiger partial charge in [0, 0.05) is 18.3 Å². The average Bonchev–Trinajstić information content (AvgIpc) is 3.48. The predicted molar refractivity (Wildman–Crippen MR) is 130 cm³/mol. The first-order chi connectivity index (χ1) is 16.0. The summed E-state index contributed by atoms with van der Waals surface area (Å²) >= 11 is 12.5. The molecule has 2 aromatic carbocycles. The summed E-state index contributed by atoms with van der Waals surface area (Å²) in [6.07, 6.45) is 3.57. The molecule has 33 heavy (non-hydrogen) atoms. The topological polar surface area (TPSA) is 59.4 Å². The van der Waals surface area contributed by atoms with Gasteiger partial charge in [0.15, 0.2) is 0 Å². The molecule has 2 aliphatic rings. The van der Waals surface area contributed by atoms with Crippen LogP contribution in [0.3, 0.4) is 0 Å². The highest BCUT2D eigenvalue weighted by molar-refractivity contribution is 6.42. The number of rotatable bonds is 5. The summed E-state index contributed by atoms with van der Waals surface area (Å²) < 4.78 is 7.82. The van der Waals surface area contributed by atoms with Gasteiger partial charge in [-0.25, -0.2) is 4.68 Å². The zero-order valence-electron chi connectivity index (χ0n) is 18.2. The number of hydrogen-bond donors (Lipinski definition) is 1. The summed E-state index contributed by atoms with van der Waals surface area (Å²) in [5.41, 5.74) is 2.31. The Morgan fingerprint density at radius 3 is 2.76 bits per heavy atom. The second-order valence-corrected chi connectivity index (χ2v) is 9.13. The van der Waals surface area contributed by atoms with Crippen LogP contribution in [-0.2, 0) is 4.79 Å². The van der Waals surface area contributed by atoms with Gasteiger partial charge in [-0.2, -0.15) is 5.10 Å². The van der Waals surface area contributed by atoms with E-state index in [1.54, 1.807) is 12.3 Å². The number of nitrogens with zero attached hydrogens (tertiary/aromatic N) is 3. The summed E-state index contributed by atoms with van der Waals surface area (Å²) in [4.78, 5) is 15.9. The van der Waals surface area contributed by atoms with E-state index in [1.807, 2.05) is 65.0 Å². The number of ether oxygens (including phenoxy) is 1. The number of carbonyl (C=O) groups excluding carboxylic acids is 1. The lowest BCUT2D eigenvalue weighted by Gasteiger charge is -2.33. The van der Waals surface area contributed by atoms with Crippen LogP contribution in [0.4, 0.5) is 5.82 Å². The number of halogens is 2. The lowest BCUT2D eigenvalue weighted by Crippen LogP contribution is -2.43. The third-order valence-electron chi connectivity index (χ3n) is 6.22. The quantitative estimate of drug-likeness (QED) is 0.517. The van der Waals surface area contributed by atoms with E-state index in [0.717, 1.165) is 35.7 Å². The van der Waals surface area contributed by atoms with Gasteiger partial charge in [0.2, 0.25) is 0 Å². The van der Waals surface area contributed by atoms with Crippen molar-refractivity contribution >= 4 is 34.9 Å². The van der Waals surface area contributed by atoms with E-state index in [-0.39, 0.29) is 11.9 Å². The van der Waals surface area contributed by atoms with Crippen molar-refractivity contribution in [1.82, 2.24) is 14.7 Å². The first-order valence-electron chi connectivity index (χ1n) is 11.0. The van der Waals surface area contributed by atoms with Crippen LogP contribution in [0, 0.1) is 0 Å². The van der Waals surface area contributed by atoms with Crippen LogP contribution in [0.25, 0.3) is 0 Å². The molecule has 3 aromatic rings. The lowest BCUT2D eigenvalue weighted by molar-refractivity contribution is -0.129. The molecule has 1 unspecified atom stereocenters. The van der Waals surface area contributed by atoms with Gasteiger partial charge < -0.3 is 15.0 Å². The van der Waals surface area contributed by atoms with Crippen molar-refractivity contribution in [1.29, 1.82) is 0 Å². The molecule has 0 spiro atoms. The van der Waals surface area contributed by atoms with E-state index in [9.17, 15) is 4.79 Å². The first-order valence-corrected chi connectivity index (χ1v) is 11.7. The van der Waals surface area contributed by atoms with Gasteiger partial charge in [-0.3, -0.25) is 4.79 Å². The van der Waals surface area contributed by atoms with Crippen LogP contribution in [0.2, 0.25) is 10.0 Å². The maximum Gasteiger partial charge on any atom is 0.254 e. The van der Waals surface area contributed by atoms with Crippen LogP contribution in [-0.4, -0.2) is 39.8 Å². The van der Waals surface area contributed by atoms with Crippen molar-refractivity contribution < 1.29 is 9.53 Å². The Morgan fingerprint density at radius 1 is 1.15 bits per heavy atom. The van der Waals surface area contributed by atoms with E-state index < -0.39 is 6.04 Å². The molecule has 5 rings (SSSR count). The number of hydrogen-bond acceptors (Lipinski definition) is 4. The molecule has 0 radical (unpaired) electrons. The summed E-state index contributed by atoms with van der Waals surface area (Å²) in [5.74, 6) is 1.61. The summed E-state index contributed by atoms with van der Waals surface area (Å²) in [6.45, 7) is 3.08. The fraction of sp³-hybridized carbons (Fsp3) is 0.280. The van der Waals surface area contributed by atoms with E-state index in [2.05, 4.69) is 10.4 Å². The Bertz CT molecular complexity index is 1210. The molecule has 0 bridgehead atoms. The first kappa shape index (κ1) is 21.9. The maximum absolute atomic E-state index is 14.0. The van der Waals surface area contributed by atoms with E-state index in [4.69, 9.17) is 27.9 Å². The molecule has 2 aliphatic heterocycles. The Balaban J connectivity index is 1.46. The van der Waals surface area contributed by atoms with Crippen molar-refractivity contribution in [2.45, 2.75) is 31.8 Å². The fourth-order valence-corrected chi connectivity index (χ4v) is 4.92. The molecule has 2 atom stereocenters. The number of benzene rings is 2. The number of amides is 1. The number of allylic oxidation sites excluding steroid dienone is 1. The number of fused-ring (bicyclic) bond motifs is 1. The van der Waals surface area contributed by atoms with E-state index in [1.165, 1.54) is 0 Å². The van der Waals surface area contributed by atoms with Gasteiger partial charge in [0.05, 0.1) is 27.9 Å². The molecule has 1 fully saturated rings. The Kier molecular flexibility index (Phi) is 6.04. The Labute approximate surface area is 202 Å². The summed E-state index contributed by atoms with van der Waals surface area (Å²) in [5, 5.41) is 8.76. The molecule has 1 aromatic heterocycles. The number of likely N-dealkylation sites (tertiary alicyclic amines) is 1. The number of carbonyl (C=O) groups is 1. The van der Waals surface area contributed by atoms with E-state index >= 15 is 0 Å². The smallest absolute Gasteiger partial charge is 0.254 e. The van der Waals surface area contributed by atoms with Crippen LogP contribution < -0.4 is 10.1 Å². The molecule has 8 heteroatoms. The van der Waals surface area contributed by atoms with Crippen molar-refractivity contribution in [2.75, 3.05) is 18.5 Å². The highest BCUT2D eigenvalue weighted by Crippen LogP contribution is 2.39. The van der Waals surface area contributed by atoms with Crippen molar-refractivity contribution in [3.05, 3.63) is 87.7 Å². The van der Waals surface area contributed by atoms with Crippen molar-refractivity contribution in [3.63, 3.8) is 0 Å². The zero-order chi connectivity index (χ0) is 22.9. The second-order valence-electron chi connectivity index (χ2n) is 8.32. The SMILES string of the molecule is CC1=C(C(=O)N2CCC[C@@H]2COc2ccccc2)C(c2ccc(Cl)c(Cl)c2)n2nccc2N1. The molecule has 0 aliphatic carbocycles. The largest absolute Gasteiger partial charge is 0.491 e. The fourth-order valence-electron chi connectivity index (χ4n) is 4.61. The van der Waals surface area contributed by atoms with Crippen LogP contribution in [0.15, 0.2) is 72.1 Å². The standard InChI is InChI=1S/C25H24Cl2N4O2/c1-16-23(25(32)30-13-5-6-18(30)15-33-19-7-3-2-4-8-19)24(31-22(29-16)11-12-28-31)17-9-10-20(26)21(27)14-17/h2-4,7-12,14,18,24,29H,5-6,13,15H2,1H3/t18-,24?/m1/s1. The van der Waals surface area contributed by atoms with Crippen LogP contribution in [0.5, 0.6) is 5.75 Å². The highest BCUT2D eigenvalue weighted by Gasteiger charge is 2.38. The number of nitrogens with one attached hydrogen (secondary N) is 1. The van der Waals surface area contributed by atoms with Gasteiger partial charge in [-0.1, -0.05) is 47.5 Å². The molecular formula is C25H24Cl2N4O2. The van der Waals surface area contributed by atoms with Crippen molar-refractivity contribution in [2.24, 2.45) is 0 Å². The molecule has 1 N–H and O–H groups in total. The average molecular weight is 483 g/mol. The predicted octanol–water partition coefficient (Wildman–Crippen LogP) is 5.55. The molecule has 1 saturated heterocycles. The third-order valence-corrected chi connectivity index (χ3v) is 6.96. The number of para-hydroxylation sites is 1. The monoisotopic (exact) mass is 482 g/mol. The lowest BCUT2D eigenvalue weighted by atomic mass is 9.94. The zero-order valence-corrected chi connectivity index (χ0v) is 19.7. The minimum Gasteiger partial charge on any atom is -0.491 e. The molecule has 0 saturated carbocycles. The Hall–Kier alpha value is -2.96. The molecule has 6 nitrogen and oxygen atoms in total. The Morgan fingerprint density at radius 2 is 1.97 bits per heavy atom. The van der Waals surface area contributed by atoms with Crippen LogP contribution in [0.1, 0.15) is 31.4 Å². The summed E-state index contributed by atoms with van der Waals surface area (Å²) in [7, 11) is 0. The number of aromatic nitrogens is 2. The van der Waals surface area contributed by atoms with Gasteiger partial charge in [-0.05, 0) is 49.6 Å². The highest BCUT2D eigenvalue weighted by atomic mass is 35.5. The maximum atomic E-state index is 14.0. The normalized spacial score (nSPS) is 19.9. The van der Waals surface area contributed by atoms with Crippen molar-refractivity contribution in [3.8, 4) is 5.75 Å². The number of anilines is 1. The molecule has 170 valence electrons. The minimum absolute atomic E-state index is 0.00600. The van der Waals surface area contributed by atoms with Gasteiger partial charge in [0.1, 0.15) is 24.2 Å².